The summed E-state index contributed by atoms with van der Waals surface area (Å²) in [6, 6.07) is 0.575. The SMILES string of the molecule is O=C(c1cnccn1)N1CCC(NCC2CC2)CC1. The van der Waals surface area contributed by atoms with Gasteiger partial charge in [0.2, 0.25) is 0 Å². The minimum absolute atomic E-state index is 0.00810. The molecule has 1 saturated heterocycles. The lowest BCUT2D eigenvalue weighted by atomic mass is 10.0. The molecule has 0 unspecified atom stereocenters. The first-order valence-electron chi connectivity index (χ1n) is 7.11. The van der Waals surface area contributed by atoms with Gasteiger partial charge in [0, 0.05) is 31.5 Å². The number of carbonyl (C=O) groups excluding carboxylic acids is 1. The van der Waals surface area contributed by atoms with E-state index in [1.165, 1.54) is 12.8 Å². The Bertz CT molecular complexity index is 424. The minimum atomic E-state index is 0.00810. The maximum absolute atomic E-state index is 12.2. The molecule has 5 heteroatoms. The second-order valence-corrected chi connectivity index (χ2v) is 5.51. The van der Waals surface area contributed by atoms with E-state index in [1.54, 1.807) is 18.6 Å². The second-order valence-electron chi connectivity index (χ2n) is 5.51. The van der Waals surface area contributed by atoms with E-state index in [-0.39, 0.29) is 5.91 Å². The molecule has 2 heterocycles. The number of carbonyl (C=O) groups is 1. The standard InChI is InChI=1S/C14H20N4O/c19-14(13-10-15-5-6-16-13)18-7-3-12(4-8-18)17-9-11-1-2-11/h5-6,10-12,17H,1-4,7-9H2. The Hall–Kier alpha value is -1.49. The highest BCUT2D eigenvalue weighted by molar-refractivity contribution is 5.92. The molecule has 0 bridgehead atoms. The van der Waals surface area contributed by atoms with Crippen molar-refractivity contribution < 1.29 is 4.79 Å². The first-order chi connectivity index (χ1) is 9.33. The van der Waals surface area contributed by atoms with Crippen molar-refractivity contribution in [2.75, 3.05) is 19.6 Å². The molecule has 1 aromatic heterocycles. The first-order valence-corrected chi connectivity index (χ1v) is 7.11. The van der Waals surface area contributed by atoms with E-state index < -0.39 is 0 Å². The van der Waals surface area contributed by atoms with E-state index in [2.05, 4.69) is 15.3 Å². The average Bonchev–Trinajstić information content (AvgIpc) is 3.30. The fraction of sp³-hybridized carbons (Fsp3) is 0.643. The van der Waals surface area contributed by atoms with E-state index in [0.717, 1.165) is 38.4 Å². The first kappa shape index (κ1) is 12.5. The van der Waals surface area contributed by atoms with Gasteiger partial charge in [0.1, 0.15) is 5.69 Å². The summed E-state index contributed by atoms with van der Waals surface area (Å²) in [5.41, 5.74) is 0.451. The predicted molar refractivity (Wildman–Crippen MR) is 71.7 cm³/mol. The monoisotopic (exact) mass is 260 g/mol. The quantitative estimate of drug-likeness (QED) is 0.880. The van der Waals surface area contributed by atoms with Crippen LogP contribution in [0.5, 0.6) is 0 Å². The van der Waals surface area contributed by atoms with Crippen molar-refractivity contribution in [3.8, 4) is 0 Å². The molecule has 2 aliphatic rings. The number of likely N-dealkylation sites (tertiary alicyclic amines) is 1. The molecule has 1 saturated carbocycles. The fourth-order valence-electron chi connectivity index (χ4n) is 2.51. The summed E-state index contributed by atoms with van der Waals surface area (Å²) in [4.78, 5) is 22.1. The summed E-state index contributed by atoms with van der Waals surface area (Å²) in [6.45, 7) is 2.79. The molecule has 2 fully saturated rings. The number of aromatic nitrogens is 2. The summed E-state index contributed by atoms with van der Waals surface area (Å²) >= 11 is 0. The third-order valence-corrected chi connectivity index (χ3v) is 3.96. The second kappa shape index (κ2) is 5.65. The van der Waals surface area contributed by atoms with Crippen molar-refractivity contribution >= 4 is 5.91 Å². The predicted octanol–water partition coefficient (Wildman–Crippen LogP) is 1.08. The third-order valence-electron chi connectivity index (χ3n) is 3.96. The van der Waals surface area contributed by atoms with Crippen molar-refractivity contribution in [2.24, 2.45) is 5.92 Å². The fourth-order valence-corrected chi connectivity index (χ4v) is 2.51. The van der Waals surface area contributed by atoms with Gasteiger partial charge in [-0.25, -0.2) is 4.98 Å². The van der Waals surface area contributed by atoms with Crippen molar-refractivity contribution in [3.63, 3.8) is 0 Å². The average molecular weight is 260 g/mol. The molecule has 0 radical (unpaired) electrons. The van der Waals surface area contributed by atoms with Crippen LogP contribution in [0.3, 0.4) is 0 Å². The maximum atomic E-state index is 12.2. The van der Waals surface area contributed by atoms with E-state index in [0.29, 0.717) is 11.7 Å². The van der Waals surface area contributed by atoms with Crippen LogP contribution < -0.4 is 5.32 Å². The van der Waals surface area contributed by atoms with Crippen molar-refractivity contribution in [3.05, 3.63) is 24.3 Å². The van der Waals surface area contributed by atoms with Crippen molar-refractivity contribution in [1.29, 1.82) is 0 Å². The van der Waals surface area contributed by atoms with Crippen LogP contribution in [-0.4, -0.2) is 46.5 Å². The number of piperidine rings is 1. The number of hydrogen-bond donors (Lipinski definition) is 1. The van der Waals surface area contributed by atoms with Gasteiger partial charge in [-0.15, -0.1) is 0 Å². The number of rotatable bonds is 4. The highest BCUT2D eigenvalue weighted by Crippen LogP contribution is 2.28. The van der Waals surface area contributed by atoms with E-state index >= 15 is 0 Å². The number of amides is 1. The van der Waals surface area contributed by atoms with Gasteiger partial charge in [-0.1, -0.05) is 0 Å². The van der Waals surface area contributed by atoms with Gasteiger partial charge in [0.05, 0.1) is 6.20 Å². The van der Waals surface area contributed by atoms with Crippen LogP contribution in [0.4, 0.5) is 0 Å². The van der Waals surface area contributed by atoms with Gasteiger partial charge < -0.3 is 10.2 Å². The Morgan fingerprint density at radius 2 is 2.05 bits per heavy atom. The number of nitrogens with one attached hydrogen (secondary N) is 1. The number of nitrogens with zero attached hydrogens (tertiary/aromatic N) is 3. The third kappa shape index (κ3) is 3.29. The van der Waals surface area contributed by atoms with Crippen LogP contribution in [0.25, 0.3) is 0 Å². The Kier molecular flexibility index (Phi) is 3.73. The zero-order valence-corrected chi connectivity index (χ0v) is 11.1. The van der Waals surface area contributed by atoms with Crippen LogP contribution in [0.2, 0.25) is 0 Å². The van der Waals surface area contributed by atoms with Crippen LogP contribution >= 0.6 is 0 Å². The van der Waals surface area contributed by atoms with Gasteiger partial charge in [-0.3, -0.25) is 9.78 Å². The molecule has 102 valence electrons. The molecule has 0 spiro atoms. The van der Waals surface area contributed by atoms with Crippen LogP contribution in [-0.2, 0) is 0 Å². The molecule has 0 atom stereocenters. The summed E-state index contributed by atoms with van der Waals surface area (Å²) in [5.74, 6) is 0.924. The summed E-state index contributed by atoms with van der Waals surface area (Å²) in [7, 11) is 0. The number of hydrogen-bond acceptors (Lipinski definition) is 4. The summed E-state index contributed by atoms with van der Waals surface area (Å²) < 4.78 is 0. The Balaban J connectivity index is 1.47. The zero-order chi connectivity index (χ0) is 13.1. The highest BCUT2D eigenvalue weighted by atomic mass is 16.2. The Morgan fingerprint density at radius 1 is 1.26 bits per heavy atom. The molecule has 1 aromatic rings. The molecular formula is C14H20N4O. The van der Waals surface area contributed by atoms with Gasteiger partial charge in [0.25, 0.3) is 5.91 Å². The molecular weight excluding hydrogens is 240 g/mol. The normalized spacial score (nSPS) is 20.5. The molecule has 1 N–H and O–H groups in total. The maximum Gasteiger partial charge on any atom is 0.274 e. The lowest BCUT2D eigenvalue weighted by Crippen LogP contribution is -2.45. The molecule has 19 heavy (non-hydrogen) atoms. The topological polar surface area (TPSA) is 58.1 Å². The van der Waals surface area contributed by atoms with Gasteiger partial charge >= 0.3 is 0 Å². The van der Waals surface area contributed by atoms with Crippen LogP contribution in [0.1, 0.15) is 36.2 Å². The van der Waals surface area contributed by atoms with Gasteiger partial charge in [0.15, 0.2) is 0 Å². The molecule has 5 nitrogen and oxygen atoms in total. The lowest BCUT2D eigenvalue weighted by Gasteiger charge is -2.32. The molecule has 3 rings (SSSR count). The Morgan fingerprint density at radius 3 is 2.68 bits per heavy atom. The largest absolute Gasteiger partial charge is 0.337 e. The van der Waals surface area contributed by atoms with Crippen molar-refractivity contribution in [2.45, 2.75) is 31.7 Å². The molecule has 1 aliphatic carbocycles. The highest BCUT2D eigenvalue weighted by Gasteiger charge is 2.26. The molecule has 1 aliphatic heterocycles. The Labute approximate surface area is 113 Å². The van der Waals surface area contributed by atoms with Crippen LogP contribution in [0, 0.1) is 5.92 Å². The smallest absolute Gasteiger partial charge is 0.274 e. The van der Waals surface area contributed by atoms with E-state index in [9.17, 15) is 4.79 Å². The lowest BCUT2D eigenvalue weighted by molar-refractivity contribution is 0.0698. The summed E-state index contributed by atoms with van der Waals surface area (Å²) in [5, 5.41) is 3.62. The van der Waals surface area contributed by atoms with Crippen LogP contribution in [0.15, 0.2) is 18.6 Å². The zero-order valence-electron chi connectivity index (χ0n) is 11.1. The van der Waals surface area contributed by atoms with E-state index in [1.807, 2.05) is 4.90 Å². The summed E-state index contributed by atoms with van der Waals surface area (Å²) in [6.07, 6.45) is 9.55. The van der Waals surface area contributed by atoms with Gasteiger partial charge in [-0.2, -0.15) is 0 Å². The molecule has 0 aromatic carbocycles. The minimum Gasteiger partial charge on any atom is -0.337 e. The van der Waals surface area contributed by atoms with E-state index in [4.69, 9.17) is 0 Å². The van der Waals surface area contributed by atoms with Gasteiger partial charge in [-0.05, 0) is 38.1 Å². The molecule has 1 amide bonds. The van der Waals surface area contributed by atoms with Crippen molar-refractivity contribution in [1.82, 2.24) is 20.2 Å².